The van der Waals surface area contributed by atoms with E-state index < -0.39 is 71.2 Å². The maximum Gasteiger partial charge on any atom is 0.303 e. The van der Waals surface area contributed by atoms with Crippen LogP contribution in [0.5, 0.6) is 0 Å². The van der Waals surface area contributed by atoms with Gasteiger partial charge in [-0.25, -0.2) is 8.42 Å². The first-order valence-corrected chi connectivity index (χ1v) is 14.1. The van der Waals surface area contributed by atoms with Crippen molar-refractivity contribution >= 4 is 39.7 Å². The van der Waals surface area contributed by atoms with Crippen LogP contribution in [-0.2, 0) is 64.2 Å². The predicted molar refractivity (Wildman–Crippen MR) is 138 cm³/mol. The highest BCUT2D eigenvalue weighted by atomic mass is 32.2. The first kappa shape index (κ1) is 32.7. The molecule has 0 bridgehead atoms. The van der Waals surface area contributed by atoms with Crippen molar-refractivity contribution in [3.63, 3.8) is 0 Å². The monoisotopic (exact) mass is 586 g/mol. The lowest BCUT2D eigenvalue weighted by atomic mass is 9.98. The van der Waals surface area contributed by atoms with E-state index in [9.17, 15) is 27.6 Å². The van der Waals surface area contributed by atoms with Crippen LogP contribution in [0.1, 0.15) is 39.7 Å². The second kappa shape index (κ2) is 15.3. The van der Waals surface area contributed by atoms with E-state index >= 15 is 0 Å². The van der Waals surface area contributed by atoms with E-state index in [1.807, 2.05) is 30.3 Å². The van der Waals surface area contributed by atoms with E-state index in [1.165, 1.54) is 0 Å². The Kier molecular flexibility index (Phi) is 12.5. The third-order valence-corrected chi connectivity index (χ3v) is 5.77. The molecule has 0 aliphatic carbocycles. The largest absolute Gasteiger partial charge is 0.463 e. The summed E-state index contributed by atoms with van der Waals surface area (Å²) in [7, 11) is -3.67. The number of rotatable bonds is 12. The number of ether oxygens (including phenoxy) is 6. The van der Waals surface area contributed by atoms with Gasteiger partial charge in [0.25, 0.3) is 0 Å². The molecule has 0 saturated carbocycles. The second-order valence-electron chi connectivity index (χ2n) is 8.81. The van der Waals surface area contributed by atoms with Gasteiger partial charge in [-0.1, -0.05) is 30.3 Å². The molecule has 1 aromatic carbocycles. The number of hydrogen-bond donors (Lipinski definition) is 1. The molecule has 0 spiro atoms. The first-order chi connectivity index (χ1) is 18.7. The van der Waals surface area contributed by atoms with Crippen molar-refractivity contribution in [3.05, 3.63) is 35.9 Å². The van der Waals surface area contributed by atoms with Crippen molar-refractivity contribution in [1.82, 2.24) is 4.72 Å². The lowest BCUT2D eigenvalue weighted by Crippen LogP contribution is -2.63. The van der Waals surface area contributed by atoms with E-state index in [2.05, 4.69) is 9.71 Å². The van der Waals surface area contributed by atoms with E-state index in [-0.39, 0.29) is 25.4 Å². The van der Waals surface area contributed by atoms with Gasteiger partial charge >= 0.3 is 23.9 Å². The summed E-state index contributed by atoms with van der Waals surface area (Å²) in [6, 6.07) is 9.14. The zero-order chi connectivity index (χ0) is 29.9. The molecule has 1 aromatic rings. The molecule has 1 saturated heterocycles. The highest BCUT2D eigenvalue weighted by molar-refractivity contribution is 7.89. The molecule has 15 heteroatoms. The van der Waals surface area contributed by atoms with E-state index in [4.69, 9.17) is 28.4 Å². The first-order valence-electron chi connectivity index (χ1n) is 12.2. The highest BCUT2D eigenvalue weighted by Gasteiger charge is 2.52. The number of carbonyl (C=O) groups excluding carboxylic acids is 4. The van der Waals surface area contributed by atoms with Gasteiger partial charge in [-0.05, 0) is 5.56 Å². The number of sulfonamides is 1. The molecule has 1 aliphatic heterocycles. The Hall–Kier alpha value is -3.56. The summed E-state index contributed by atoms with van der Waals surface area (Å²) in [5.74, 6) is -2.87. The zero-order valence-electron chi connectivity index (χ0n) is 22.9. The fraction of sp³-hybridized carbons (Fsp3) is 0.560. The summed E-state index contributed by atoms with van der Waals surface area (Å²) in [6.07, 6.45) is -5.72. The Morgan fingerprint density at radius 2 is 1.45 bits per heavy atom. The summed E-state index contributed by atoms with van der Waals surface area (Å²) < 4.78 is 58.8. The predicted octanol–water partition coefficient (Wildman–Crippen LogP) is 0.624. The molecule has 1 aliphatic rings. The van der Waals surface area contributed by atoms with Crippen molar-refractivity contribution in [2.75, 3.05) is 19.5 Å². The van der Waals surface area contributed by atoms with Crippen LogP contribution >= 0.6 is 0 Å². The van der Waals surface area contributed by atoms with Crippen LogP contribution in [0.3, 0.4) is 0 Å². The van der Waals surface area contributed by atoms with E-state index in [0.717, 1.165) is 39.5 Å². The van der Waals surface area contributed by atoms with Gasteiger partial charge in [0.15, 0.2) is 24.6 Å². The Balaban J connectivity index is 2.30. The maximum atomic E-state index is 11.9. The summed E-state index contributed by atoms with van der Waals surface area (Å²) in [4.78, 5) is 51.5. The fourth-order valence-electron chi connectivity index (χ4n) is 3.74. The third-order valence-electron chi connectivity index (χ3n) is 5.17. The molecule has 0 aromatic heterocycles. The Morgan fingerprint density at radius 3 is 2.00 bits per heavy atom. The van der Waals surface area contributed by atoms with E-state index in [1.54, 1.807) is 0 Å². The van der Waals surface area contributed by atoms with Crippen molar-refractivity contribution in [3.8, 4) is 0 Å². The minimum atomic E-state index is -3.67. The van der Waals surface area contributed by atoms with Gasteiger partial charge < -0.3 is 28.4 Å². The number of esters is 4. The van der Waals surface area contributed by atoms with Crippen molar-refractivity contribution in [2.24, 2.45) is 4.99 Å². The summed E-state index contributed by atoms with van der Waals surface area (Å²) in [5, 5.41) is 0. The Bertz CT molecular complexity index is 1170. The number of benzene rings is 1. The minimum absolute atomic E-state index is 0.0349. The average molecular weight is 587 g/mol. The number of aliphatic imine (C=N–C) groups is 1. The lowest BCUT2D eigenvalue weighted by molar-refractivity contribution is -0.307. The topological polar surface area (TPSA) is 182 Å². The third kappa shape index (κ3) is 11.7. The fourth-order valence-corrected chi connectivity index (χ4v) is 4.34. The maximum absolute atomic E-state index is 11.9. The second-order valence-corrected chi connectivity index (χ2v) is 10.6. The molecule has 0 amide bonds. The Labute approximate surface area is 232 Å². The summed E-state index contributed by atoms with van der Waals surface area (Å²) in [5.41, 5.74) is 0.843. The van der Waals surface area contributed by atoms with Gasteiger partial charge in [-0.2, -0.15) is 0 Å². The standard InChI is InChI=1S/C25H34N2O12S/c1-15(28)35-14-20-22(36-16(2)29)23(37-17(3)30)24(38-18(4)31)25(39-20)34-12-11-21(27-40(5,32)33)26-13-19-9-7-6-8-10-19/h6-10,20,22-25H,11-14H2,1-5H3,(H,26,27)/t20-,22-,23+,24-,25-/m1/s1. The number of nitrogens with zero attached hydrogens (tertiary/aromatic N) is 1. The van der Waals surface area contributed by atoms with Crippen LogP contribution in [0.15, 0.2) is 35.3 Å². The molecular weight excluding hydrogens is 552 g/mol. The summed E-state index contributed by atoms with van der Waals surface area (Å²) >= 11 is 0. The van der Waals surface area contributed by atoms with Gasteiger partial charge in [0, 0.05) is 34.1 Å². The average Bonchev–Trinajstić information content (AvgIpc) is 2.83. The highest BCUT2D eigenvalue weighted by Crippen LogP contribution is 2.30. The molecule has 14 nitrogen and oxygen atoms in total. The van der Waals surface area contributed by atoms with Gasteiger partial charge in [0.1, 0.15) is 18.5 Å². The van der Waals surface area contributed by atoms with Crippen LogP contribution in [-0.4, -0.2) is 88.3 Å². The van der Waals surface area contributed by atoms with Gasteiger partial charge in [0.05, 0.1) is 19.4 Å². The molecule has 1 fully saturated rings. The van der Waals surface area contributed by atoms with E-state index in [0.29, 0.717) is 0 Å². The van der Waals surface area contributed by atoms with Crippen molar-refractivity contribution < 1.29 is 56.0 Å². The molecular formula is C25H34N2O12S. The number of amidine groups is 1. The van der Waals surface area contributed by atoms with Crippen LogP contribution < -0.4 is 4.72 Å². The quantitative estimate of drug-likeness (QED) is 0.156. The molecule has 0 radical (unpaired) electrons. The van der Waals surface area contributed by atoms with Crippen LogP contribution in [0.2, 0.25) is 0 Å². The van der Waals surface area contributed by atoms with Gasteiger partial charge in [-0.15, -0.1) is 0 Å². The number of carbonyl (C=O) groups is 4. The molecule has 5 atom stereocenters. The van der Waals surface area contributed by atoms with Crippen molar-refractivity contribution in [2.45, 2.75) is 71.4 Å². The molecule has 1 heterocycles. The molecule has 222 valence electrons. The summed E-state index contributed by atoms with van der Waals surface area (Å²) in [6.45, 7) is 4.08. The van der Waals surface area contributed by atoms with Crippen LogP contribution in [0.4, 0.5) is 0 Å². The minimum Gasteiger partial charge on any atom is -0.463 e. The molecule has 0 unspecified atom stereocenters. The smallest absolute Gasteiger partial charge is 0.303 e. The molecule has 40 heavy (non-hydrogen) atoms. The van der Waals surface area contributed by atoms with Crippen LogP contribution in [0.25, 0.3) is 0 Å². The Morgan fingerprint density at radius 1 is 0.875 bits per heavy atom. The SMILES string of the molecule is CC(=O)OC[C@H]1O[C@@H](OCCC(=NCc2ccccc2)NS(C)(=O)=O)[C@H](OC(C)=O)[C@@H](OC(C)=O)[C@@H]1OC(C)=O. The molecule has 2 rings (SSSR count). The number of hydrogen-bond acceptors (Lipinski definition) is 13. The molecule has 1 N–H and O–H groups in total. The number of nitrogens with one attached hydrogen (secondary N) is 1. The zero-order valence-corrected chi connectivity index (χ0v) is 23.7. The van der Waals surface area contributed by atoms with Gasteiger partial charge in [0.2, 0.25) is 10.0 Å². The van der Waals surface area contributed by atoms with Crippen molar-refractivity contribution in [1.29, 1.82) is 0 Å². The van der Waals surface area contributed by atoms with Crippen LogP contribution in [0, 0.1) is 0 Å². The normalized spacial score (nSPS) is 23.0. The van der Waals surface area contributed by atoms with Gasteiger partial charge in [-0.3, -0.25) is 28.9 Å². The lowest BCUT2D eigenvalue weighted by Gasteiger charge is -2.44.